The summed E-state index contributed by atoms with van der Waals surface area (Å²) in [5.41, 5.74) is 5.45. The number of amides is 1. The number of nitrogens with one attached hydrogen (secondary N) is 1. The van der Waals surface area contributed by atoms with Crippen molar-refractivity contribution in [3.63, 3.8) is 0 Å². The van der Waals surface area contributed by atoms with Crippen LogP contribution in [0.4, 0.5) is 0 Å². The van der Waals surface area contributed by atoms with Gasteiger partial charge in [-0.2, -0.15) is 0 Å². The van der Waals surface area contributed by atoms with Gasteiger partial charge in [-0.05, 0) is 44.4 Å². The standard InChI is InChI=1S/C15H28N2O3/c1-19-13-4-2-12(3-5-13)10-17-14(18)15(11-16)6-8-20-9-7-15/h12-13H,2-11,16H2,1H3,(H,17,18). The van der Waals surface area contributed by atoms with E-state index in [-0.39, 0.29) is 5.91 Å². The molecule has 1 aliphatic heterocycles. The Hall–Kier alpha value is -0.650. The number of carbonyl (C=O) groups is 1. The highest BCUT2D eigenvalue weighted by Gasteiger charge is 2.38. The van der Waals surface area contributed by atoms with Crippen molar-refractivity contribution in [1.29, 1.82) is 0 Å². The number of carbonyl (C=O) groups excluding carboxylic acids is 1. The fourth-order valence-corrected chi connectivity index (χ4v) is 3.28. The molecule has 1 saturated carbocycles. The first-order valence-corrected chi connectivity index (χ1v) is 7.79. The van der Waals surface area contributed by atoms with E-state index in [0.29, 0.717) is 31.8 Å². The Kier molecular flexibility index (Phi) is 5.81. The van der Waals surface area contributed by atoms with Crippen LogP contribution in [-0.2, 0) is 14.3 Å². The Labute approximate surface area is 121 Å². The van der Waals surface area contributed by atoms with E-state index in [1.54, 1.807) is 7.11 Å². The smallest absolute Gasteiger partial charge is 0.227 e. The van der Waals surface area contributed by atoms with E-state index in [4.69, 9.17) is 15.2 Å². The van der Waals surface area contributed by atoms with Crippen molar-refractivity contribution in [2.75, 3.05) is 33.4 Å². The molecule has 0 spiro atoms. The second-order valence-corrected chi connectivity index (χ2v) is 6.19. The van der Waals surface area contributed by atoms with Crippen molar-refractivity contribution >= 4 is 5.91 Å². The van der Waals surface area contributed by atoms with Crippen LogP contribution in [0, 0.1) is 11.3 Å². The van der Waals surface area contributed by atoms with Crippen molar-refractivity contribution in [2.45, 2.75) is 44.6 Å². The third-order valence-corrected chi connectivity index (χ3v) is 5.00. The molecule has 5 heteroatoms. The fourth-order valence-electron chi connectivity index (χ4n) is 3.28. The molecule has 3 N–H and O–H groups in total. The summed E-state index contributed by atoms with van der Waals surface area (Å²) in [5.74, 6) is 0.706. The van der Waals surface area contributed by atoms with E-state index in [0.717, 1.165) is 45.1 Å². The van der Waals surface area contributed by atoms with Crippen LogP contribution in [0.5, 0.6) is 0 Å². The lowest BCUT2D eigenvalue weighted by Crippen LogP contribution is -2.50. The summed E-state index contributed by atoms with van der Waals surface area (Å²) >= 11 is 0. The summed E-state index contributed by atoms with van der Waals surface area (Å²) in [6.07, 6.45) is 6.37. The third-order valence-electron chi connectivity index (χ3n) is 5.00. The molecule has 2 fully saturated rings. The van der Waals surface area contributed by atoms with Crippen LogP contribution >= 0.6 is 0 Å². The molecule has 1 aliphatic carbocycles. The first-order valence-electron chi connectivity index (χ1n) is 7.79. The zero-order valence-electron chi connectivity index (χ0n) is 12.5. The minimum Gasteiger partial charge on any atom is -0.381 e. The molecule has 0 radical (unpaired) electrons. The van der Waals surface area contributed by atoms with Gasteiger partial charge in [0.2, 0.25) is 5.91 Å². The molecule has 0 atom stereocenters. The summed E-state index contributed by atoms with van der Waals surface area (Å²) in [6, 6.07) is 0. The van der Waals surface area contributed by atoms with Crippen LogP contribution in [-0.4, -0.2) is 45.4 Å². The molecule has 20 heavy (non-hydrogen) atoms. The van der Waals surface area contributed by atoms with Gasteiger partial charge in [-0.25, -0.2) is 0 Å². The van der Waals surface area contributed by atoms with E-state index in [9.17, 15) is 4.79 Å². The van der Waals surface area contributed by atoms with Gasteiger partial charge < -0.3 is 20.5 Å². The lowest BCUT2D eigenvalue weighted by atomic mass is 9.79. The molecule has 0 bridgehead atoms. The summed E-state index contributed by atoms with van der Waals surface area (Å²) in [5, 5.41) is 3.13. The molecule has 0 aromatic carbocycles. The van der Waals surface area contributed by atoms with Gasteiger partial charge in [-0.3, -0.25) is 4.79 Å². The van der Waals surface area contributed by atoms with Crippen molar-refractivity contribution in [3.05, 3.63) is 0 Å². The highest BCUT2D eigenvalue weighted by molar-refractivity contribution is 5.83. The molecule has 116 valence electrons. The van der Waals surface area contributed by atoms with Gasteiger partial charge in [0.1, 0.15) is 0 Å². The second kappa shape index (κ2) is 7.38. The number of hydrogen-bond donors (Lipinski definition) is 2. The lowest BCUT2D eigenvalue weighted by Gasteiger charge is -2.35. The van der Waals surface area contributed by atoms with Gasteiger partial charge in [0.15, 0.2) is 0 Å². The molecule has 1 amide bonds. The van der Waals surface area contributed by atoms with Crippen LogP contribution < -0.4 is 11.1 Å². The fraction of sp³-hybridized carbons (Fsp3) is 0.933. The summed E-state index contributed by atoms with van der Waals surface area (Å²) < 4.78 is 10.7. The monoisotopic (exact) mass is 284 g/mol. The minimum absolute atomic E-state index is 0.122. The van der Waals surface area contributed by atoms with Gasteiger partial charge in [-0.15, -0.1) is 0 Å². The van der Waals surface area contributed by atoms with Crippen molar-refractivity contribution in [3.8, 4) is 0 Å². The molecule has 1 heterocycles. The van der Waals surface area contributed by atoms with E-state index in [1.807, 2.05) is 0 Å². The predicted octanol–water partition coefficient (Wildman–Crippen LogP) is 1.06. The van der Waals surface area contributed by atoms with Gasteiger partial charge in [0.25, 0.3) is 0 Å². The maximum Gasteiger partial charge on any atom is 0.227 e. The summed E-state index contributed by atoms with van der Waals surface area (Å²) in [4.78, 5) is 12.4. The van der Waals surface area contributed by atoms with Crippen LogP contribution in [0.1, 0.15) is 38.5 Å². The van der Waals surface area contributed by atoms with Crippen molar-refractivity contribution < 1.29 is 14.3 Å². The molecule has 2 rings (SSSR count). The van der Waals surface area contributed by atoms with Crippen LogP contribution in [0.15, 0.2) is 0 Å². The van der Waals surface area contributed by atoms with Crippen LogP contribution in [0.2, 0.25) is 0 Å². The van der Waals surface area contributed by atoms with E-state index >= 15 is 0 Å². The second-order valence-electron chi connectivity index (χ2n) is 6.19. The average molecular weight is 284 g/mol. The Morgan fingerprint density at radius 2 is 1.95 bits per heavy atom. The Morgan fingerprint density at radius 1 is 1.30 bits per heavy atom. The van der Waals surface area contributed by atoms with Crippen LogP contribution in [0.25, 0.3) is 0 Å². The highest BCUT2D eigenvalue weighted by atomic mass is 16.5. The number of hydrogen-bond acceptors (Lipinski definition) is 4. The first-order chi connectivity index (χ1) is 9.70. The van der Waals surface area contributed by atoms with E-state index in [2.05, 4.69) is 5.32 Å². The maximum absolute atomic E-state index is 12.4. The normalized spacial score (nSPS) is 29.9. The van der Waals surface area contributed by atoms with Crippen molar-refractivity contribution in [2.24, 2.45) is 17.1 Å². The first kappa shape index (κ1) is 15.7. The Morgan fingerprint density at radius 3 is 2.50 bits per heavy atom. The largest absolute Gasteiger partial charge is 0.381 e. The topological polar surface area (TPSA) is 73.6 Å². The molecule has 0 aromatic rings. The van der Waals surface area contributed by atoms with E-state index in [1.165, 1.54) is 0 Å². The lowest BCUT2D eigenvalue weighted by molar-refractivity contribution is -0.136. The quantitative estimate of drug-likeness (QED) is 0.792. The SMILES string of the molecule is COC1CCC(CNC(=O)C2(CN)CCOCC2)CC1. The third kappa shape index (κ3) is 3.71. The van der Waals surface area contributed by atoms with Gasteiger partial charge in [0.05, 0.1) is 11.5 Å². The molecule has 1 saturated heterocycles. The molecule has 5 nitrogen and oxygen atoms in total. The molecular formula is C15H28N2O3. The zero-order valence-corrected chi connectivity index (χ0v) is 12.5. The summed E-state index contributed by atoms with van der Waals surface area (Å²) in [7, 11) is 1.78. The molecule has 0 unspecified atom stereocenters. The average Bonchev–Trinajstić information content (AvgIpc) is 2.53. The molecule has 2 aliphatic rings. The van der Waals surface area contributed by atoms with Gasteiger partial charge in [0, 0.05) is 33.4 Å². The predicted molar refractivity (Wildman–Crippen MR) is 77.3 cm³/mol. The Balaban J connectivity index is 1.77. The molecule has 0 aromatic heterocycles. The highest BCUT2D eigenvalue weighted by Crippen LogP contribution is 2.30. The summed E-state index contributed by atoms with van der Waals surface area (Å²) in [6.45, 7) is 2.48. The number of methoxy groups -OCH3 is 1. The minimum atomic E-state index is -0.401. The number of nitrogens with two attached hydrogens (primary N) is 1. The van der Waals surface area contributed by atoms with Crippen LogP contribution in [0.3, 0.4) is 0 Å². The Bertz CT molecular complexity index is 308. The van der Waals surface area contributed by atoms with Gasteiger partial charge in [-0.1, -0.05) is 0 Å². The zero-order chi connectivity index (χ0) is 14.4. The maximum atomic E-state index is 12.4. The number of ether oxygens (including phenoxy) is 2. The van der Waals surface area contributed by atoms with E-state index < -0.39 is 5.41 Å². The number of rotatable bonds is 5. The van der Waals surface area contributed by atoms with Crippen molar-refractivity contribution in [1.82, 2.24) is 5.32 Å². The van der Waals surface area contributed by atoms with Gasteiger partial charge >= 0.3 is 0 Å². The molecular weight excluding hydrogens is 256 g/mol.